The molecule has 112 valence electrons. The zero-order valence-corrected chi connectivity index (χ0v) is 13.1. The predicted octanol–water partition coefficient (Wildman–Crippen LogP) is 2.55. The van der Waals surface area contributed by atoms with Gasteiger partial charge >= 0.3 is 0 Å². The number of benzene rings is 1. The molecule has 1 aliphatic rings. The van der Waals surface area contributed by atoms with Crippen LogP contribution in [0, 0.1) is 5.82 Å². The fourth-order valence-electron chi connectivity index (χ4n) is 2.25. The van der Waals surface area contributed by atoms with Crippen molar-refractivity contribution in [3.8, 4) is 0 Å². The van der Waals surface area contributed by atoms with E-state index in [1.54, 1.807) is 0 Å². The summed E-state index contributed by atoms with van der Waals surface area (Å²) in [6.07, 6.45) is 1.60. The summed E-state index contributed by atoms with van der Waals surface area (Å²) in [6, 6.07) is 1.64. The first-order valence-electron chi connectivity index (χ1n) is 6.21. The smallest absolute Gasteiger partial charge is 0.243 e. The normalized spacial score (nSPS) is 23.8. The molecule has 0 amide bonds. The highest BCUT2D eigenvalue weighted by atomic mass is 35.5. The van der Waals surface area contributed by atoms with Crippen LogP contribution in [0.4, 0.5) is 4.39 Å². The third kappa shape index (κ3) is 3.43. The maximum Gasteiger partial charge on any atom is 0.243 e. The van der Waals surface area contributed by atoms with E-state index in [1.807, 2.05) is 6.92 Å². The Morgan fingerprint density at radius 3 is 2.50 bits per heavy atom. The van der Waals surface area contributed by atoms with Crippen molar-refractivity contribution < 1.29 is 12.8 Å². The average Bonchev–Trinajstić information content (AvgIpc) is 2.30. The Hall–Kier alpha value is -0.400. The molecule has 2 unspecified atom stereocenters. The van der Waals surface area contributed by atoms with Gasteiger partial charge in [0.1, 0.15) is 10.7 Å². The standard InChI is InChI=1S/C12H15Cl2FN2O2S/c1-7-11(3-2-4-16-7)17-20(18,19)12-9(13)5-8(15)6-10(12)14/h5-7,11,16-17H,2-4H2,1H3. The van der Waals surface area contributed by atoms with Gasteiger partial charge < -0.3 is 5.32 Å². The number of halogens is 3. The summed E-state index contributed by atoms with van der Waals surface area (Å²) in [4.78, 5) is -0.278. The lowest BCUT2D eigenvalue weighted by Gasteiger charge is -2.30. The summed E-state index contributed by atoms with van der Waals surface area (Å²) in [7, 11) is -3.89. The molecule has 0 aromatic heterocycles. The zero-order valence-electron chi connectivity index (χ0n) is 10.8. The SMILES string of the molecule is CC1NCCCC1NS(=O)(=O)c1c(Cl)cc(F)cc1Cl. The maximum atomic E-state index is 13.1. The van der Waals surface area contributed by atoms with Gasteiger partial charge in [0.2, 0.25) is 10.0 Å². The van der Waals surface area contributed by atoms with Crippen LogP contribution in [-0.2, 0) is 10.0 Å². The third-order valence-corrected chi connectivity index (χ3v) is 5.71. The zero-order chi connectivity index (χ0) is 14.9. The van der Waals surface area contributed by atoms with Gasteiger partial charge in [-0.25, -0.2) is 17.5 Å². The summed E-state index contributed by atoms with van der Waals surface area (Å²) >= 11 is 11.6. The van der Waals surface area contributed by atoms with Crippen molar-refractivity contribution in [3.05, 3.63) is 28.0 Å². The Kier molecular flexibility index (Phi) is 4.92. The van der Waals surface area contributed by atoms with Crippen LogP contribution in [0.5, 0.6) is 0 Å². The molecule has 1 aromatic rings. The molecule has 0 saturated carbocycles. The second kappa shape index (κ2) is 6.15. The Morgan fingerprint density at radius 1 is 1.35 bits per heavy atom. The van der Waals surface area contributed by atoms with Gasteiger partial charge in [0.05, 0.1) is 10.0 Å². The second-order valence-electron chi connectivity index (χ2n) is 4.81. The van der Waals surface area contributed by atoms with Crippen molar-refractivity contribution in [2.75, 3.05) is 6.54 Å². The van der Waals surface area contributed by atoms with Crippen LogP contribution < -0.4 is 10.0 Å². The summed E-state index contributed by atoms with van der Waals surface area (Å²) in [5.41, 5.74) is 0. The number of piperidine rings is 1. The molecule has 1 fully saturated rings. The molecular weight excluding hydrogens is 326 g/mol. The van der Waals surface area contributed by atoms with Crippen LogP contribution in [-0.4, -0.2) is 27.0 Å². The van der Waals surface area contributed by atoms with Crippen LogP contribution in [0.3, 0.4) is 0 Å². The van der Waals surface area contributed by atoms with Gasteiger partial charge in [0.15, 0.2) is 0 Å². The topological polar surface area (TPSA) is 58.2 Å². The van der Waals surface area contributed by atoms with Gasteiger partial charge in [-0.3, -0.25) is 0 Å². The van der Waals surface area contributed by atoms with Crippen LogP contribution >= 0.6 is 23.2 Å². The highest BCUT2D eigenvalue weighted by molar-refractivity contribution is 7.89. The molecule has 1 aliphatic heterocycles. The van der Waals surface area contributed by atoms with E-state index in [2.05, 4.69) is 10.0 Å². The van der Waals surface area contributed by atoms with E-state index in [0.29, 0.717) is 0 Å². The fraction of sp³-hybridized carbons (Fsp3) is 0.500. The van der Waals surface area contributed by atoms with Gasteiger partial charge in [0.25, 0.3) is 0 Å². The highest BCUT2D eigenvalue weighted by Gasteiger charge is 2.29. The predicted molar refractivity (Wildman–Crippen MR) is 77.2 cm³/mol. The quantitative estimate of drug-likeness (QED) is 0.888. The van der Waals surface area contributed by atoms with E-state index in [0.717, 1.165) is 31.5 Å². The Labute approximate surface area is 127 Å². The first kappa shape index (κ1) is 16.0. The lowest BCUT2D eigenvalue weighted by molar-refractivity contribution is 0.349. The van der Waals surface area contributed by atoms with E-state index in [-0.39, 0.29) is 27.0 Å². The number of hydrogen-bond donors (Lipinski definition) is 2. The third-order valence-electron chi connectivity index (χ3n) is 3.30. The molecule has 0 radical (unpaired) electrons. The van der Waals surface area contributed by atoms with Crippen molar-refractivity contribution in [1.82, 2.24) is 10.0 Å². The second-order valence-corrected chi connectivity index (χ2v) is 7.28. The first-order chi connectivity index (χ1) is 9.31. The molecule has 2 N–H and O–H groups in total. The van der Waals surface area contributed by atoms with Crippen LogP contribution in [0.15, 0.2) is 17.0 Å². The molecule has 20 heavy (non-hydrogen) atoms. The van der Waals surface area contributed by atoms with Gasteiger partial charge in [-0.15, -0.1) is 0 Å². The molecular formula is C12H15Cl2FN2O2S. The molecule has 0 spiro atoms. The van der Waals surface area contributed by atoms with Crippen molar-refractivity contribution >= 4 is 33.2 Å². The number of hydrogen-bond acceptors (Lipinski definition) is 3. The summed E-state index contributed by atoms with van der Waals surface area (Å²) in [5, 5.41) is 2.75. The van der Waals surface area contributed by atoms with E-state index in [9.17, 15) is 12.8 Å². The minimum Gasteiger partial charge on any atom is -0.313 e. The molecule has 1 aromatic carbocycles. The minimum absolute atomic E-state index is 0.0107. The molecule has 1 saturated heterocycles. The largest absolute Gasteiger partial charge is 0.313 e. The van der Waals surface area contributed by atoms with Gasteiger partial charge in [-0.2, -0.15) is 0 Å². The molecule has 1 heterocycles. The highest BCUT2D eigenvalue weighted by Crippen LogP contribution is 2.30. The lowest BCUT2D eigenvalue weighted by atomic mass is 10.0. The molecule has 8 heteroatoms. The van der Waals surface area contributed by atoms with E-state index in [4.69, 9.17) is 23.2 Å². The minimum atomic E-state index is -3.89. The molecule has 2 rings (SSSR count). The van der Waals surface area contributed by atoms with Crippen molar-refractivity contribution in [3.63, 3.8) is 0 Å². The van der Waals surface area contributed by atoms with E-state index < -0.39 is 15.8 Å². The van der Waals surface area contributed by atoms with Crippen molar-refractivity contribution in [1.29, 1.82) is 0 Å². The lowest BCUT2D eigenvalue weighted by Crippen LogP contribution is -2.51. The molecule has 0 bridgehead atoms. The van der Waals surface area contributed by atoms with E-state index >= 15 is 0 Å². The Morgan fingerprint density at radius 2 is 1.95 bits per heavy atom. The fourth-order valence-corrected chi connectivity index (χ4v) is 4.79. The van der Waals surface area contributed by atoms with Crippen LogP contribution in [0.2, 0.25) is 10.0 Å². The van der Waals surface area contributed by atoms with Crippen LogP contribution in [0.25, 0.3) is 0 Å². The van der Waals surface area contributed by atoms with Gasteiger partial charge in [-0.05, 0) is 38.4 Å². The number of sulfonamides is 1. The van der Waals surface area contributed by atoms with Crippen molar-refractivity contribution in [2.24, 2.45) is 0 Å². The van der Waals surface area contributed by atoms with E-state index in [1.165, 1.54) is 0 Å². The summed E-state index contributed by atoms with van der Waals surface area (Å²) in [6.45, 7) is 2.76. The summed E-state index contributed by atoms with van der Waals surface area (Å²) in [5.74, 6) is -0.674. The molecule has 4 nitrogen and oxygen atoms in total. The monoisotopic (exact) mass is 340 g/mol. The first-order valence-corrected chi connectivity index (χ1v) is 8.45. The Balaban J connectivity index is 2.31. The van der Waals surface area contributed by atoms with Crippen molar-refractivity contribution in [2.45, 2.75) is 36.7 Å². The van der Waals surface area contributed by atoms with Gasteiger partial charge in [0, 0.05) is 12.1 Å². The number of nitrogens with one attached hydrogen (secondary N) is 2. The maximum absolute atomic E-state index is 13.1. The Bertz CT molecular complexity index is 586. The van der Waals surface area contributed by atoms with Crippen LogP contribution in [0.1, 0.15) is 19.8 Å². The van der Waals surface area contributed by atoms with Gasteiger partial charge in [-0.1, -0.05) is 23.2 Å². The molecule has 0 aliphatic carbocycles. The number of rotatable bonds is 3. The molecule has 2 atom stereocenters. The summed E-state index contributed by atoms with van der Waals surface area (Å²) < 4.78 is 40.4. The average molecular weight is 341 g/mol.